The Labute approximate surface area is 226 Å². The minimum absolute atomic E-state index is 0.00304. The van der Waals surface area contributed by atoms with E-state index in [-0.39, 0.29) is 46.4 Å². The zero-order valence-electron chi connectivity index (χ0n) is 22.5. The first-order valence-corrected chi connectivity index (χ1v) is 12.4. The van der Waals surface area contributed by atoms with E-state index in [9.17, 15) is 39.8 Å². The van der Waals surface area contributed by atoms with Crippen molar-refractivity contribution in [3.8, 4) is 34.5 Å². The first-order chi connectivity index (χ1) is 18.3. The number of carbonyl (C=O) groups excluding carboxylic acids is 1. The van der Waals surface area contributed by atoms with Gasteiger partial charge in [-0.05, 0) is 65.2 Å². The molecule has 0 saturated carbocycles. The maximum absolute atomic E-state index is 13.9. The predicted molar refractivity (Wildman–Crippen MR) is 146 cm³/mol. The number of aromatic hydroxyl groups is 6. The van der Waals surface area contributed by atoms with Crippen LogP contribution in [0.15, 0.2) is 53.6 Å². The van der Waals surface area contributed by atoms with Gasteiger partial charge in [0.05, 0.1) is 0 Å². The number of phenolic OH excluding ortho intramolecular Hbond substituents is 6. The Morgan fingerprint density at radius 2 is 1.23 bits per heavy atom. The van der Waals surface area contributed by atoms with Gasteiger partial charge >= 0.3 is 0 Å². The highest BCUT2D eigenvalue weighted by molar-refractivity contribution is 6.01. The SMILES string of the molecule is CC(=O)c1c(O)c(CC=C(C)C)c(O)c(C(c2ccc(F)cc2)c2c(O)cc(O)c(CC=C(C)C)c2O)c1O. The van der Waals surface area contributed by atoms with Crippen LogP contribution in [0.3, 0.4) is 0 Å². The van der Waals surface area contributed by atoms with Gasteiger partial charge in [0.15, 0.2) is 5.78 Å². The van der Waals surface area contributed by atoms with Gasteiger partial charge in [-0.1, -0.05) is 35.4 Å². The lowest BCUT2D eigenvalue weighted by molar-refractivity contribution is 0.101. The predicted octanol–water partition coefficient (Wildman–Crippen LogP) is 6.46. The lowest BCUT2D eigenvalue weighted by atomic mass is 9.79. The molecule has 0 bridgehead atoms. The summed E-state index contributed by atoms with van der Waals surface area (Å²) in [6, 6.07) is 5.98. The number of carbonyl (C=O) groups is 1. The van der Waals surface area contributed by atoms with Crippen LogP contribution >= 0.6 is 0 Å². The fraction of sp³-hybridized carbons (Fsp3) is 0.258. The lowest BCUT2D eigenvalue weighted by Gasteiger charge is -2.26. The molecule has 3 aromatic rings. The quantitative estimate of drug-likeness (QED) is 0.110. The number of halogens is 1. The van der Waals surface area contributed by atoms with Crippen LogP contribution in [0.4, 0.5) is 4.39 Å². The highest BCUT2D eigenvalue weighted by Gasteiger charge is 2.35. The van der Waals surface area contributed by atoms with E-state index in [0.29, 0.717) is 0 Å². The minimum Gasteiger partial charge on any atom is -0.507 e. The molecule has 7 nitrogen and oxygen atoms in total. The minimum atomic E-state index is -1.35. The largest absolute Gasteiger partial charge is 0.507 e. The summed E-state index contributed by atoms with van der Waals surface area (Å²) in [4.78, 5) is 12.6. The average molecular weight is 537 g/mol. The average Bonchev–Trinajstić information content (AvgIpc) is 2.82. The summed E-state index contributed by atoms with van der Waals surface area (Å²) in [5.74, 6) is -5.99. The fourth-order valence-electron chi connectivity index (χ4n) is 4.52. The van der Waals surface area contributed by atoms with Gasteiger partial charge in [0, 0.05) is 34.2 Å². The van der Waals surface area contributed by atoms with E-state index < -0.39 is 51.8 Å². The molecule has 3 aromatic carbocycles. The van der Waals surface area contributed by atoms with Gasteiger partial charge < -0.3 is 30.6 Å². The molecule has 0 saturated heterocycles. The molecule has 1 atom stereocenters. The van der Waals surface area contributed by atoms with Crippen LogP contribution in [0.1, 0.15) is 78.7 Å². The molecule has 0 aliphatic carbocycles. The second kappa shape index (κ2) is 11.5. The van der Waals surface area contributed by atoms with Crippen LogP contribution in [0.2, 0.25) is 0 Å². The van der Waals surface area contributed by atoms with Crippen LogP contribution in [0.25, 0.3) is 0 Å². The maximum Gasteiger partial charge on any atom is 0.167 e. The Bertz CT molecular complexity index is 1480. The van der Waals surface area contributed by atoms with E-state index in [1.807, 2.05) is 27.7 Å². The number of ketones is 1. The zero-order valence-corrected chi connectivity index (χ0v) is 22.5. The Balaban J connectivity index is 2.52. The van der Waals surface area contributed by atoms with Gasteiger partial charge in [0.1, 0.15) is 45.9 Å². The molecule has 3 rings (SSSR count). The first kappa shape index (κ1) is 29.1. The van der Waals surface area contributed by atoms with Crippen molar-refractivity contribution in [3.05, 3.63) is 92.8 Å². The van der Waals surface area contributed by atoms with E-state index in [1.165, 1.54) is 12.1 Å². The van der Waals surface area contributed by atoms with E-state index in [0.717, 1.165) is 36.3 Å². The Morgan fingerprint density at radius 3 is 1.74 bits per heavy atom. The fourth-order valence-corrected chi connectivity index (χ4v) is 4.52. The third-order valence-corrected chi connectivity index (χ3v) is 6.52. The topological polar surface area (TPSA) is 138 Å². The van der Waals surface area contributed by atoms with Crippen molar-refractivity contribution in [2.75, 3.05) is 0 Å². The molecule has 39 heavy (non-hydrogen) atoms. The van der Waals surface area contributed by atoms with Crippen molar-refractivity contribution in [2.45, 2.75) is 53.4 Å². The van der Waals surface area contributed by atoms with E-state index in [4.69, 9.17) is 0 Å². The standard InChI is InChI=1S/C31H33FO7/c1-15(2)6-12-20-22(34)14-23(35)26(28(20)36)25(18-8-10-19(32)11-9-18)27-30(38)21(13-7-16(3)4)29(37)24(17(5)33)31(27)39/h6-11,14,25,34-39H,12-13H2,1-5H3. The summed E-state index contributed by atoms with van der Waals surface area (Å²) < 4.78 is 13.9. The van der Waals surface area contributed by atoms with Crippen molar-refractivity contribution in [1.82, 2.24) is 0 Å². The van der Waals surface area contributed by atoms with Crippen LogP contribution < -0.4 is 0 Å². The molecule has 0 fully saturated rings. The molecule has 0 heterocycles. The van der Waals surface area contributed by atoms with Crippen molar-refractivity contribution in [1.29, 1.82) is 0 Å². The van der Waals surface area contributed by atoms with Gasteiger partial charge in [-0.3, -0.25) is 4.79 Å². The molecular formula is C31H33FO7. The molecular weight excluding hydrogens is 503 g/mol. The third-order valence-electron chi connectivity index (χ3n) is 6.52. The molecule has 0 amide bonds. The molecule has 1 unspecified atom stereocenters. The monoisotopic (exact) mass is 536 g/mol. The van der Waals surface area contributed by atoms with Gasteiger partial charge in [-0.25, -0.2) is 4.39 Å². The highest BCUT2D eigenvalue weighted by Crippen LogP contribution is 2.54. The summed E-state index contributed by atoms with van der Waals surface area (Å²) in [5.41, 5.74) is 1.09. The second-order valence-corrected chi connectivity index (χ2v) is 9.98. The number of benzene rings is 3. The van der Waals surface area contributed by atoms with Gasteiger partial charge in [-0.2, -0.15) is 0 Å². The lowest BCUT2D eigenvalue weighted by Crippen LogP contribution is -2.10. The van der Waals surface area contributed by atoms with Gasteiger partial charge in [0.25, 0.3) is 0 Å². The second-order valence-electron chi connectivity index (χ2n) is 9.98. The number of rotatable bonds is 8. The number of Topliss-reactive ketones (excluding diaryl/α,β-unsaturated/α-hetero) is 1. The molecule has 0 aromatic heterocycles. The van der Waals surface area contributed by atoms with Gasteiger partial charge in [-0.15, -0.1) is 0 Å². The summed E-state index contributed by atoms with van der Waals surface area (Å²) in [6.45, 7) is 8.42. The van der Waals surface area contributed by atoms with Crippen LogP contribution in [-0.4, -0.2) is 36.4 Å². The van der Waals surface area contributed by atoms with Crippen LogP contribution in [0, 0.1) is 5.82 Å². The number of hydrogen-bond donors (Lipinski definition) is 6. The molecule has 0 aliphatic heterocycles. The number of hydrogen-bond acceptors (Lipinski definition) is 7. The third kappa shape index (κ3) is 5.85. The van der Waals surface area contributed by atoms with Crippen molar-refractivity contribution in [3.63, 3.8) is 0 Å². The van der Waals surface area contributed by atoms with Crippen molar-refractivity contribution in [2.24, 2.45) is 0 Å². The zero-order chi connectivity index (χ0) is 29.2. The maximum atomic E-state index is 13.9. The molecule has 8 heteroatoms. The van der Waals surface area contributed by atoms with E-state index >= 15 is 0 Å². The smallest absolute Gasteiger partial charge is 0.167 e. The normalized spacial score (nSPS) is 11.6. The summed E-state index contributed by atoms with van der Waals surface area (Å²) in [5, 5.41) is 66.5. The van der Waals surface area contributed by atoms with E-state index in [2.05, 4.69) is 0 Å². The molecule has 206 valence electrons. The van der Waals surface area contributed by atoms with Crippen LogP contribution in [0.5, 0.6) is 34.5 Å². The van der Waals surface area contributed by atoms with Crippen molar-refractivity contribution < 1.29 is 39.8 Å². The Kier molecular flexibility index (Phi) is 8.59. The summed E-state index contributed by atoms with van der Waals surface area (Å²) >= 11 is 0. The Morgan fingerprint density at radius 1 is 0.718 bits per heavy atom. The van der Waals surface area contributed by atoms with Crippen molar-refractivity contribution >= 4 is 5.78 Å². The molecule has 6 N–H and O–H groups in total. The van der Waals surface area contributed by atoms with Crippen LogP contribution in [-0.2, 0) is 12.8 Å². The number of allylic oxidation sites excluding steroid dienone is 4. The molecule has 0 radical (unpaired) electrons. The Hall–Kier alpha value is -4.46. The summed E-state index contributed by atoms with van der Waals surface area (Å²) in [6.07, 6.45) is 3.56. The number of phenols is 6. The molecule has 0 spiro atoms. The van der Waals surface area contributed by atoms with Gasteiger partial charge in [0.2, 0.25) is 0 Å². The highest BCUT2D eigenvalue weighted by atomic mass is 19.1. The summed E-state index contributed by atoms with van der Waals surface area (Å²) in [7, 11) is 0. The molecule has 0 aliphatic rings. The first-order valence-electron chi connectivity index (χ1n) is 12.4. The van der Waals surface area contributed by atoms with E-state index in [1.54, 1.807) is 12.2 Å².